The molecular weight excluding hydrogens is 770 g/mol. The summed E-state index contributed by atoms with van der Waals surface area (Å²) in [5.41, 5.74) is 0. The van der Waals surface area contributed by atoms with E-state index in [1.807, 2.05) is 21.1 Å². The molecule has 0 aromatic heterocycles. The van der Waals surface area contributed by atoms with E-state index in [1.165, 1.54) is 199 Å². The highest BCUT2D eigenvalue weighted by molar-refractivity contribution is 7.47. The van der Waals surface area contributed by atoms with Crippen molar-refractivity contribution in [3.05, 3.63) is 12.2 Å². The van der Waals surface area contributed by atoms with Crippen molar-refractivity contribution in [1.82, 2.24) is 0 Å². The summed E-state index contributed by atoms with van der Waals surface area (Å²) in [6, 6.07) is 0. The molecule has 60 heavy (non-hydrogen) atoms. The Kier molecular flexibility index (Phi) is 44.3. The van der Waals surface area contributed by atoms with Crippen molar-refractivity contribution in [3.8, 4) is 0 Å². The van der Waals surface area contributed by atoms with Crippen molar-refractivity contribution in [2.24, 2.45) is 0 Å². The predicted molar refractivity (Wildman–Crippen MR) is 257 cm³/mol. The maximum atomic E-state index is 12.8. The lowest BCUT2D eigenvalue weighted by molar-refractivity contribution is -0.870. The second-order valence-electron chi connectivity index (χ2n) is 18.9. The van der Waals surface area contributed by atoms with Gasteiger partial charge in [0.05, 0.1) is 34.4 Å². The molecule has 9 heteroatoms. The number of phosphoric acid groups is 1. The summed E-state index contributed by atoms with van der Waals surface area (Å²) in [7, 11) is 1.68. The Morgan fingerprint density at radius 2 is 0.867 bits per heavy atom. The van der Waals surface area contributed by atoms with Crippen LogP contribution in [0.3, 0.4) is 0 Å². The van der Waals surface area contributed by atoms with Crippen molar-refractivity contribution in [2.45, 2.75) is 258 Å². The number of quaternary nitrogens is 1. The smallest absolute Gasteiger partial charge is 0.457 e. The highest BCUT2D eigenvalue weighted by atomic mass is 31.2. The summed E-state index contributed by atoms with van der Waals surface area (Å²) in [4.78, 5) is 23.0. The molecule has 1 N–H and O–H groups in total. The average molecular weight is 873 g/mol. The van der Waals surface area contributed by atoms with Crippen LogP contribution in [0.15, 0.2) is 12.2 Å². The number of ether oxygens (including phenoxy) is 2. The second-order valence-corrected chi connectivity index (χ2v) is 20.4. The van der Waals surface area contributed by atoms with E-state index in [1.54, 1.807) is 0 Å². The summed E-state index contributed by atoms with van der Waals surface area (Å²) >= 11 is 0. The Morgan fingerprint density at radius 1 is 0.500 bits per heavy atom. The van der Waals surface area contributed by atoms with Crippen LogP contribution in [0, 0.1) is 0 Å². The first-order valence-corrected chi connectivity index (χ1v) is 27.4. The highest BCUT2D eigenvalue weighted by Crippen LogP contribution is 2.43. The van der Waals surface area contributed by atoms with Crippen molar-refractivity contribution < 1.29 is 37.3 Å². The third-order valence-electron chi connectivity index (χ3n) is 11.6. The van der Waals surface area contributed by atoms with Crippen molar-refractivity contribution >= 4 is 13.8 Å². The lowest BCUT2D eigenvalue weighted by Gasteiger charge is -2.24. The molecule has 0 saturated heterocycles. The number of likely N-dealkylation sites (N-methyl/N-ethyl adjacent to an activating group) is 1. The molecule has 358 valence electrons. The van der Waals surface area contributed by atoms with E-state index in [0.29, 0.717) is 24.1 Å². The van der Waals surface area contributed by atoms with Gasteiger partial charge in [-0.15, -0.1) is 0 Å². The molecule has 0 radical (unpaired) electrons. The van der Waals surface area contributed by atoms with Gasteiger partial charge < -0.3 is 18.9 Å². The van der Waals surface area contributed by atoms with Crippen LogP contribution in [0.25, 0.3) is 0 Å². The van der Waals surface area contributed by atoms with Gasteiger partial charge >= 0.3 is 13.8 Å². The molecule has 0 aromatic carbocycles. The minimum absolute atomic E-state index is 0.0909. The van der Waals surface area contributed by atoms with Crippen LogP contribution in [0.1, 0.15) is 251 Å². The first kappa shape index (κ1) is 59.2. The second kappa shape index (κ2) is 44.8. The van der Waals surface area contributed by atoms with Gasteiger partial charge in [0, 0.05) is 13.0 Å². The van der Waals surface area contributed by atoms with Crippen LogP contribution in [0.4, 0.5) is 0 Å². The summed E-state index contributed by atoms with van der Waals surface area (Å²) in [6.45, 7) is 5.66. The third kappa shape index (κ3) is 48.3. The molecule has 0 heterocycles. The van der Waals surface area contributed by atoms with Gasteiger partial charge in [-0.2, -0.15) is 0 Å². The van der Waals surface area contributed by atoms with Crippen molar-refractivity contribution in [1.29, 1.82) is 0 Å². The fourth-order valence-corrected chi connectivity index (χ4v) is 8.29. The van der Waals surface area contributed by atoms with E-state index >= 15 is 0 Å². The standard InChI is InChI=1S/C51H102NO7P/c1-6-8-10-12-14-16-18-20-22-23-24-25-26-27-28-29-30-32-34-36-38-40-42-44-51(53)59-50(49-58-60(54,55)57-47-45-52(3,4)5)48-56-46-43-41-39-37-35-33-31-21-19-17-15-13-11-9-7-2/h19,21,50H,6-18,20,22-49H2,1-5H3/p+1/b21-19-. The molecule has 0 aliphatic carbocycles. The SMILES string of the molecule is CCCCCCC/C=C\CCCCCCCCOCC(COP(=O)(O)OCC[N+](C)(C)C)OC(=O)CCCCCCCCCCCCCCCCCCCCCCCCC. The number of nitrogens with zero attached hydrogens (tertiary/aromatic N) is 1. The van der Waals surface area contributed by atoms with Crippen molar-refractivity contribution in [3.63, 3.8) is 0 Å². The van der Waals surface area contributed by atoms with Gasteiger partial charge in [0.15, 0.2) is 0 Å². The van der Waals surface area contributed by atoms with Gasteiger partial charge in [0.2, 0.25) is 0 Å². The molecule has 0 amide bonds. The van der Waals surface area contributed by atoms with Crippen LogP contribution in [0.5, 0.6) is 0 Å². The predicted octanol–water partition coefficient (Wildman–Crippen LogP) is 15.8. The molecule has 0 rings (SSSR count). The average Bonchev–Trinajstić information content (AvgIpc) is 3.20. The number of unbranched alkanes of at least 4 members (excludes halogenated alkanes) is 33. The van der Waals surface area contributed by atoms with E-state index in [9.17, 15) is 14.3 Å². The van der Waals surface area contributed by atoms with Gasteiger partial charge in [-0.25, -0.2) is 4.57 Å². The number of carbonyl (C=O) groups excluding carboxylic acids is 1. The van der Waals surface area contributed by atoms with Crippen LogP contribution >= 0.6 is 7.82 Å². The number of esters is 1. The fourth-order valence-electron chi connectivity index (χ4n) is 7.55. The molecule has 0 bridgehead atoms. The van der Waals surface area contributed by atoms with Crippen LogP contribution in [0.2, 0.25) is 0 Å². The zero-order chi connectivity index (χ0) is 44.1. The topological polar surface area (TPSA) is 91.3 Å². The maximum Gasteiger partial charge on any atom is 0.472 e. The number of phosphoric ester groups is 1. The molecule has 0 aliphatic rings. The van der Waals surface area contributed by atoms with Crippen LogP contribution in [-0.2, 0) is 27.9 Å². The number of hydrogen-bond donors (Lipinski definition) is 1. The molecule has 0 saturated carbocycles. The van der Waals surface area contributed by atoms with E-state index in [0.717, 1.165) is 32.1 Å². The maximum absolute atomic E-state index is 12.8. The molecule has 8 nitrogen and oxygen atoms in total. The van der Waals surface area contributed by atoms with Crippen molar-refractivity contribution in [2.75, 3.05) is 54.1 Å². The molecule has 0 aliphatic heterocycles. The fraction of sp³-hybridized carbons (Fsp3) is 0.941. The summed E-state index contributed by atoms with van der Waals surface area (Å²) in [5.74, 6) is -0.309. The molecular formula is C51H103NO7P+. The Hall–Kier alpha value is -0.760. The minimum atomic E-state index is -4.27. The van der Waals surface area contributed by atoms with Gasteiger partial charge in [-0.1, -0.05) is 219 Å². The quantitative estimate of drug-likeness (QED) is 0.0214. The summed E-state index contributed by atoms with van der Waals surface area (Å²) < 4.78 is 35.1. The summed E-state index contributed by atoms with van der Waals surface area (Å²) in [6.07, 6.45) is 51.2. The van der Waals surface area contributed by atoms with Gasteiger partial charge in [-0.05, 0) is 38.5 Å². The van der Waals surface area contributed by atoms with Gasteiger partial charge in [-0.3, -0.25) is 13.8 Å². The van der Waals surface area contributed by atoms with E-state index in [2.05, 4.69) is 26.0 Å². The zero-order valence-corrected chi connectivity index (χ0v) is 41.6. The largest absolute Gasteiger partial charge is 0.472 e. The molecule has 0 spiro atoms. The molecule has 2 atom stereocenters. The number of allylic oxidation sites excluding steroid dienone is 2. The first-order chi connectivity index (χ1) is 29.1. The lowest BCUT2D eigenvalue weighted by Crippen LogP contribution is -2.37. The Morgan fingerprint density at radius 3 is 1.27 bits per heavy atom. The van der Waals surface area contributed by atoms with E-state index in [-0.39, 0.29) is 25.8 Å². The van der Waals surface area contributed by atoms with Crippen LogP contribution in [-0.4, -0.2) is 75.6 Å². The Labute approximate surface area is 373 Å². The zero-order valence-electron chi connectivity index (χ0n) is 40.7. The molecule has 0 fully saturated rings. The Bertz CT molecular complexity index is 972. The lowest BCUT2D eigenvalue weighted by atomic mass is 10.0. The van der Waals surface area contributed by atoms with Gasteiger partial charge in [0.1, 0.15) is 19.3 Å². The van der Waals surface area contributed by atoms with Gasteiger partial charge in [0.25, 0.3) is 0 Å². The molecule has 2 unspecified atom stereocenters. The first-order valence-electron chi connectivity index (χ1n) is 25.9. The number of hydrogen-bond acceptors (Lipinski definition) is 6. The highest BCUT2D eigenvalue weighted by Gasteiger charge is 2.26. The van der Waals surface area contributed by atoms with E-state index in [4.69, 9.17) is 18.5 Å². The van der Waals surface area contributed by atoms with E-state index < -0.39 is 13.9 Å². The third-order valence-corrected chi connectivity index (χ3v) is 12.6. The number of carbonyl (C=O) groups is 1. The minimum Gasteiger partial charge on any atom is -0.457 e. The Balaban J connectivity index is 4.06. The monoisotopic (exact) mass is 873 g/mol. The van der Waals surface area contributed by atoms with Crippen LogP contribution < -0.4 is 0 Å². The summed E-state index contributed by atoms with van der Waals surface area (Å²) in [5, 5.41) is 0. The number of rotatable bonds is 49. The molecule has 0 aromatic rings. The normalized spacial score (nSPS) is 13.6.